The Bertz CT molecular complexity index is 970. The Balaban J connectivity index is 1.50. The average molecular weight is 380 g/mol. The molecule has 2 aromatic carbocycles. The quantitative estimate of drug-likeness (QED) is 0.471. The van der Waals surface area contributed by atoms with Crippen LogP contribution < -0.4 is 4.74 Å². The lowest BCUT2D eigenvalue weighted by Gasteiger charge is -2.23. The first-order valence-electron chi connectivity index (χ1n) is 9.09. The zero-order valence-corrected chi connectivity index (χ0v) is 15.4. The molecule has 1 unspecified atom stereocenters. The van der Waals surface area contributed by atoms with E-state index >= 15 is 0 Å². The third-order valence-corrected chi connectivity index (χ3v) is 4.99. The van der Waals surface area contributed by atoms with Gasteiger partial charge < -0.3 is 9.26 Å². The third kappa shape index (κ3) is 3.72. The molecule has 8 nitrogen and oxygen atoms in total. The van der Waals surface area contributed by atoms with E-state index in [-0.39, 0.29) is 5.69 Å². The van der Waals surface area contributed by atoms with Crippen LogP contribution in [0.5, 0.6) is 5.75 Å². The number of non-ortho nitro benzene ring substituents is 1. The summed E-state index contributed by atoms with van der Waals surface area (Å²) in [5.74, 6) is 1.70. The van der Waals surface area contributed by atoms with Crippen molar-refractivity contribution in [3.05, 3.63) is 70.1 Å². The van der Waals surface area contributed by atoms with Crippen LogP contribution in [-0.4, -0.2) is 33.6 Å². The summed E-state index contributed by atoms with van der Waals surface area (Å²) in [6.07, 6.45) is 2.17. The maximum absolute atomic E-state index is 11.0. The second-order valence-electron chi connectivity index (χ2n) is 6.72. The number of likely N-dealkylation sites (tertiary alicyclic amines) is 1. The number of rotatable bonds is 6. The van der Waals surface area contributed by atoms with Crippen molar-refractivity contribution in [2.45, 2.75) is 25.4 Å². The van der Waals surface area contributed by atoms with E-state index in [2.05, 4.69) is 27.2 Å². The predicted octanol–water partition coefficient (Wildman–Crippen LogP) is 3.99. The van der Waals surface area contributed by atoms with E-state index in [1.54, 1.807) is 19.2 Å². The van der Waals surface area contributed by atoms with Crippen molar-refractivity contribution in [3.8, 4) is 17.1 Å². The lowest BCUT2D eigenvalue weighted by Crippen LogP contribution is -2.22. The topological polar surface area (TPSA) is 94.5 Å². The van der Waals surface area contributed by atoms with Gasteiger partial charge in [0, 0.05) is 23.7 Å². The molecule has 1 fully saturated rings. The predicted molar refractivity (Wildman–Crippen MR) is 102 cm³/mol. The zero-order valence-electron chi connectivity index (χ0n) is 15.4. The van der Waals surface area contributed by atoms with Crippen LogP contribution in [0, 0.1) is 10.1 Å². The molecule has 0 radical (unpaired) electrons. The van der Waals surface area contributed by atoms with Gasteiger partial charge in [0.05, 0.1) is 18.6 Å². The van der Waals surface area contributed by atoms with E-state index in [0.717, 1.165) is 25.1 Å². The Morgan fingerprint density at radius 1 is 1.29 bits per heavy atom. The molecule has 144 valence electrons. The van der Waals surface area contributed by atoms with Crippen LogP contribution in [0.4, 0.5) is 5.69 Å². The van der Waals surface area contributed by atoms with E-state index in [0.29, 0.717) is 29.9 Å². The van der Waals surface area contributed by atoms with E-state index < -0.39 is 4.92 Å². The fraction of sp³-hybridized carbons (Fsp3) is 0.300. The Labute approximate surface area is 161 Å². The first kappa shape index (κ1) is 18.1. The largest absolute Gasteiger partial charge is 0.497 e. The Kier molecular flexibility index (Phi) is 5.03. The smallest absolute Gasteiger partial charge is 0.270 e. The van der Waals surface area contributed by atoms with Crippen molar-refractivity contribution in [2.24, 2.45) is 0 Å². The van der Waals surface area contributed by atoms with Gasteiger partial charge in [-0.05, 0) is 37.1 Å². The van der Waals surface area contributed by atoms with Crippen LogP contribution in [0.2, 0.25) is 0 Å². The highest BCUT2D eigenvalue weighted by molar-refractivity contribution is 5.58. The molecule has 1 saturated heterocycles. The number of aromatic nitrogens is 2. The van der Waals surface area contributed by atoms with E-state index in [4.69, 9.17) is 9.26 Å². The lowest BCUT2D eigenvalue weighted by molar-refractivity contribution is -0.384. The zero-order chi connectivity index (χ0) is 19.5. The standard InChI is InChI=1S/C20H20N4O4/c1-27-17-9-7-14(8-10-17)18-6-3-11-23(18)13-19-21-20(22-28-19)15-4-2-5-16(12-15)24(25)26/h2,4-5,7-10,12,18H,3,6,11,13H2,1H3. The van der Waals surface area contributed by atoms with Crippen LogP contribution in [0.1, 0.15) is 30.3 Å². The van der Waals surface area contributed by atoms with E-state index in [1.165, 1.54) is 17.7 Å². The second-order valence-corrected chi connectivity index (χ2v) is 6.72. The minimum atomic E-state index is -0.436. The molecule has 0 bridgehead atoms. The van der Waals surface area contributed by atoms with Gasteiger partial charge in [-0.25, -0.2) is 0 Å². The maximum atomic E-state index is 11.0. The molecule has 2 heterocycles. The molecule has 28 heavy (non-hydrogen) atoms. The molecule has 1 aliphatic rings. The Hall–Kier alpha value is -3.26. The van der Waals surface area contributed by atoms with Crippen molar-refractivity contribution in [1.29, 1.82) is 0 Å². The number of nitro groups is 1. The summed E-state index contributed by atoms with van der Waals surface area (Å²) in [6.45, 7) is 1.49. The number of nitro benzene ring substituents is 1. The Morgan fingerprint density at radius 2 is 2.11 bits per heavy atom. The van der Waals surface area contributed by atoms with Crippen LogP contribution in [0.3, 0.4) is 0 Å². The summed E-state index contributed by atoms with van der Waals surface area (Å²) in [5, 5.41) is 15.0. The first-order valence-corrected chi connectivity index (χ1v) is 9.09. The summed E-state index contributed by atoms with van der Waals surface area (Å²) in [6, 6.07) is 14.6. The highest BCUT2D eigenvalue weighted by atomic mass is 16.6. The van der Waals surface area contributed by atoms with Crippen molar-refractivity contribution in [3.63, 3.8) is 0 Å². The number of hydrogen-bond donors (Lipinski definition) is 0. The number of nitrogens with zero attached hydrogens (tertiary/aromatic N) is 4. The van der Waals surface area contributed by atoms with Crippen LogP contribution in [0.25, 0.3) is 11.4 Å². The van der Waals surface area contributed by atoms with Gasteiger partial charge in [0.1, 0.15) is 5.75 Å². The van der Waals surface area contributed by atoms with Crippen LogP contribution in [-0.2, 0) is 6.54 Å². The monoisotopic (exact) mass is 380 g/mol. The molecule has 0 saturated carbocycles. The summed E-state index contributed by atoms with van der Waals surface area (Å²) in [5.41, 5.74) is 1.80. The average Bonchev–Trinajstić information content (AvgIpc) is 3.38. The molecule has 0 aliphatic carbocycles. The molecule has 0 spiro atoms. The van der Waals surface area contributed by atoms with E-state index in [9.17, 15) is 10.1 Å². The molecule has 0 amide bonds. The second kappa shape index (κ2) is 7.77. The minimum absolute atomic E-state index is 0.00274. The maximum Gasteiger partial charge on any atom is 0.270 e. The molecule has 3 aromatic rings. The number of benzene rings is 2. The molecular weight excluding hydrogens is 360 g/mol. The summed E-state index contributed by atoms with van der Waals surface area (Å²) in [4.78, 5) is 17.3. The van der Waals surface area contributed by atoms with Crippen molar-refractivity contribution in [2.75, 3.05) is 13.7 Å². The van der Waals surface area contributed by atoms with Crippen molar-refractivity contribution >= 4 is 5.69 Å². The fourth-order valence-corrected chi connectivity index (χ4v) is 3.59. The van der Waals surface area contributed by atoms with Crippen LogP contribution >= 0.6 is 0 Å². The van der Waals surface area contributed by atoms with Crippen LogP contribution in [0.15, 0.2) is 53.1 Å². The Morgan fingerprint density at radius 3 is 2.86 bits per heavy atom. The normalized spacial score (nSPS) is 17.0. The molecule has 1 atom stereocenters. The van der Waals surface area contributed by atoms with Crippen molar-refractivity contribution in [1.82, 2.24) is 15.0 Å². The van der Waals surface area contributed by atoms with Gasteiger partial charge in [-0.15, -0.1) is 0 Å². The molecule has 0 N–H and O–H groups in total. The van der Waals surface area contributed by atoms with Gasteiger partial charge in [-0.2, -0.15) is 4.98 Å². The number of ether oxygens (including phenoxy) is 1. The summed E-state index contributed by atoms with van der Waals surface area (Å²) < 4.78 is 10.6. The molecule has 1 aromatic heterocycles. The van der Waals surface area contributed by atoms with Gasteiger partial charge in [-0.1, -0.05) is 29.4 Å². The molecule has 1 aliphatic heterocycles. The highest BCUT2D eigenvalue weighted by Gasteiger charge is 2.27. The number of methoxy groups -OCH3 is 1. The first-order chi connectivity index (χ1) is 13.6. The van der Waals surface area contributed by atoms with Gasteiger partial charge in [0.25, 0.3) is 5.69 Å². The molecular formula is C20H20N4O4. The van der Waals surface area contributed by atoms with Gasteiger partial charge >= 0.3 is 0 Å². The fourth-order valence-electron chi connectivity index (χ4n) is 3.59. The van der Waals surface area contributed by atoms with E-state index in [1.807, 2.05) is 12.1 Å². The molecule has 8 heteroatoms. The SMILES string of the molecule is COc1ccc(C2CCCN2Cc2nc(-c3cccc([N+](=O)[O-])c3)no2)cc1. The van der Waals surface area contributed by atoms with Gasteiger partial charge in [0.2, 0.25) is 11.7 Å². The third-order valence-electron chi connectivity index (χ3n) is 4.99. The molecule has 4 rings (SSSR count). The minimum Gasteiger partial charge on any atom is -0.497 e. The van der Waals surface area contributed by atoms with Crippen molar-refractivity contribution < 1.29 is 14.2 Å². The lowest BCUT2D eigenvalue weighted by atomic mass is 10.0. The summed E-state index contributed by atoms with van der Waals surface area (Å²) in [7, 11) is 1.66. The summed E-state index contributed by atoms with van der Waals surface area (Å²) >= 11 is 0. The van der Waals surface area contributed by atoms with Gasteiger partial charge in [0.15, 0.2) is 0 Å². The number of hydrogen-bond acceptors (Lipinski definition) is 7. The van der Waals surface area contributed by atoms with Gasteiger partial charge in [-0.3, -0.25) is 15.0 Å². The highest BCUT2D eigenvalue weighted by Crippen LogP contribution is 2.34.